The van der Waals surface area contributed by atoms with Crippen LogP contribution in [0, 0.1) is 5.92 Å². The molecular formula is C20H24N2O4. The third-order valence-electron chi connectivity index (χ3n) is 4.73. The molecule has 0 radical (unpaired) electrons. The molecule has 1 aliphatic rings. The summed E-state index contributed by atoms with van der Waals surface area (Å²) in [6.07, 6.45) is 7.72. The lowest BCUT2D eigenvalue weighted by atomic mass is 9.93. The molecular weight excluding hydrogens is 332 g/mol. The van der Waals surface area contributed by atoms with Crippen LogP contribution < -0.4 is 15.8 Å². The van der Waals surface area contributed by atoms with Gasteiger partial charge in [0, 0.05) is 17.4 Å². The molecule has 1 heterocycles. The van der Waals surface area contributed by atoms with E-state index < -0.39 is 6.03 Å². The number of amides is 2. The van der Waals surface area contributed by atoms with E-state index in [9.17, 15) is 9.59 Å². The lowest BCUT2D eigenvalue weighted by molar-refractivity contribution is 0.0882. The van der Waals surface area contributed by atoms with Gasteiger partial charge in [-0.3, -0.25) is 4.79 Å². The Kier molecular flexibility index (Phi) is 5.61. The fourth-order valence-corrected chi connectivity index (χ4v) is 3.47. The zero-order valence-corrected chi connectivity index (χ0v) is 14.8. The van der Waals surface area contributed by atoms with Crippen molar-refractivity contribution in [1.82, 2.24) is 0 Å². The summed E-state index contributed by atoms with van der Waals surface area (Å²) in [5.74, 6) is 0.625. The molecule has 3 N–H and O–H groups in total. The van der Waals surface area contributed by atoms with Gasteiger partial charge < -0.3 is 20.2 Å². The summed E-state index contributed by atoms with van der Waals surface area (Å²) in [6, 6.07) is 4.49. The first-order valence-corrected chi connectivity index (χ1v) is 9.01. The van der Waals surface area contributed by atoms with Gasteiger partial charge in [0.1, 0.15) is 23.6 Å². The van der Waals surface area contributed by atoms with Crippen molar-refractivity contribution in [2.24, 2.45) is 11.7 Å². The first kappa shape index (κ1) is 18.0. The van der Waals surface area contributed by atoms with E-state index in [1.165, 1.54) is 0 Å². The van der Waals surface area contributed by atoms with Crippen LogP contribution in [0.1, 0.15) is 49.1 Å². The molecule has 1 aromatic heterocycles. The first-order chi connectivity index (χ1) is 12.6. The lowest BCUT2D eigenvalue weighted by Gasteiger charge is -2.12. The van der Waals surface area contributed by atoms with Gasteiger partial charge in [-0.2, -0.15) is 0 Å². The average Bonchev–Trinajstić information content (AvgIpc) is 2.80. The van der Waals surface area contributed by atoms with Crippen molar-refractivity contribution in [3.05, 3.63) is 36.6 Å². The number of Topliss-reactive ketones (excluding diaryl/α,β-unsaturated/α-hetero) is 1. The van der Waals surface area contributed by atoms with E-state index >= 15 is 0 Å². The predicted octanol–water partition coefficient (Wildman–Crippen LogP) is 4.64. The molecule has 2 aromatic rings. The molecule has 1 aromatic carbocycles. The molecule has 1 fully saturated rings. The number of furan rings is 1. The molecule has 1 aliphatic carbocycles. The van der Waals surface area contributed by atoms with Crippen LogP contribution in [-0.2, 0) is 0 Å². The van der Waals surface area contributed by atoms with Gasteiger partial charge in [-0.05, 0) is 25.0 Å². The van der Waals surface area contributed by atoms with Crippen LogP contribution in [-0.4, -0.2) is 18.4 Å². The molecule has 3 rings (SSSR count). The number of fused-ring (bicyclic) bond motifs is 1. The van der Waals surface area contributed by atoms with Crippen molar-refractivity contribution in [1.29, 1.82) is 0 Å². The van der Waals surface area contributed by atoms with Crippen LogP contribution in [0.2, 0.25) is 0 Å². The largest absolute Gasteiger partial charge is 0.489 e. The number of hydrogen-bond donors (Lipinski definition) is 2. The molecule has 0 saturated heterocycles. The smallest absolute Gasteiger partial charge is 0.316 e. The Bertz CT molecular complexity index is 817. The fourth-order valence-electron chi connectivity index (χ4n) is 3.47. The van der Waals surface area contributed by atoms with Crippen LogP contribution in [0.15, 0.2) is 35.3 Å². The minimum atomic E-state index is -0.727. The van der Waals surface area contributed by atoms with Crippen LogP contribution in [0.5, 0.6) is 5.75 Å². The first-order valence-electron chi connectivity index (χ1n) is 9.01. The van der Waals surface area contributed by atoms with Gasteiger partial charge in [0.2, 0.25) is 5.78 Å². The molecule has 6 heteroatoms. The number of ketones is 1. The Hall–Kier alpha value is -2.76. The summed E-state index contributed by atoms with van der Waals surface area (Å²) >= 11 is 0. The molecule has 1 saturated carbocycles. The van der Waals surface area contributed by atoms with E-state index in [1.807, 2.05) is 0 Å². The second-order valence-corrected chi connectivity index (χ2v) is 6.61. The summed E-state index contributed by atoms with van der Waals surface area (Å²) in [6.45, 7) is 3.98. The minimum absolute atomic E-state index is 0.0691. The van der Waals surface area contributed by atoms with E-state index in [1.54, 1.807) is 24.3 Å². The number of rotatable bonds is 6. The summed E-state index contributed by atoms with van der Waals surface area (Å²) in [4.78, 5) is 24.5. The molecule has 0 unspecified atom stereocenters. The number of urea groups is 1. The number of nitrogens with two attached hydrogens (primary N) is 1. The topological polar surface area (TPSA) is 94.6 Å². The van der Waals surface area contributed by atoms with Crippen LogP contribution in [0.25, 0.3) is 11.0 Å². The normalized spacial score (nSPS) is 15.4. The SMILES string of the molecule is C=CCOc1ccc2c(NC(N)=O)c(C(=O)C3CCCCCC3)oc2c1. The third-order valence-corrected chi connectivity index (χ3v) is 4.73. The molecule has 138 valence electrons. The minimum Gasteiger partial charge on any atom is -0.489 e. The highest BCUT2D eigenvalue weighted by Gasteiger charge is 2.28. The predicted molar refractivity (Wildman–Crippen MR) is 101 cm³/mol. The third kappa shape index (κ3) is 3.90. The number of carbonyl (C=O) groups is 2. The number of benzene rings is 1. The number of hydrogen-bond acceptors (Lipinski definition) is 4. The molecule has 0 aliphatic heterocycles. The Labute approximate surface area is 152 Å². The number of anilines is 1. The van der Waals surface area contributed by atoms with Crippen molar-refractivity contribution >= 4 is 28.5 Å². The van der Waals surface area contributed by atoms with E-state index in [-0.39, 0.29) is 17.5 Å². The van der Waals surface area contributed by atoms with E-state index in [2.05, 4.69) is 11.9 Å². The van der Waals surface area contributed by atoms with Gasteiger partial charge in [0.25, 0.3) is 0 Å². The van der Waals surface area contributed by atoms with Crippen LogP contribution >= 0.6 is 0 Å². The van der Waals surface area contributed by atoms with Crippen molar-refractivity contribution in [3.63, 3.8) is 0 Å². The average molecular weight is 356 g/mol. The maximum Gasteiger partial charge on any atom is 0.316 e. The zero-order chi connectivity index (χ0) is 18.5. The Morgan fingerprint density at radius 1 is 1.27 bits per heavy atom. The number of primary amides is 1. The van der Waals surface area contributed by atoms with Gasteiger partial charge in [0.05, 0.1) is 0 Å². The molecule has 6 nitrogen and oxygen atoms in total. The van der Waals surface area contributed by atoms with Gasteiger partial charge in [-0.1, -0.05) is 38.3 Å². The second-order valence-electron chi connectivity index (χ2n) is 6.61. The number of ether oxygens (including phenoxy) is 1. The second kappa shape index (κ2) is 8.08. The van der Waals surface area contributed by atoms with Gasteiger partial charge in [-0.25, -0.2) is 4.79 Å². The maximum atomic E-state index is 13.1. The highest BCUT2D eigenvalue weighted by Crippen LogP contribution is 2.36. The summed E-state index contributed by atoms with van der Waals surface area (Å²) in [5, 5.41) is 3.19. The van der Waals surface area contributed by atoms with E-state index in [0.717, 1.165) is 38.5 Å². The van der Waals surface area contributed by atoms with Crippen molar-refractivity contribution < 1.29 is 18.7 Å². The van der Waals surface area contributed by atoms with Crippen molar-refractivity contribution in [2.75, 3.05) is 11.9 Å². The van der Waals surface area contributed by atoms with Gasteiger partial charge in [-0.15, -0.1) is 0 Å². The molecule has 0 bridgehead atoms. The standard InChI is InChI=1S/C20H24N2O4/c1-2-11-25-14-9-10-15-16(12-14)26-19(17(15)22-20(21)24)18(23)13-7-5-3-4-6-8-13/h2,9-10,12-13H,1,3-8,11H2,(H3,21,22,24). The zero-order valence-electron chi connectivity index (χ0n) is 14.8. The number of nitrogens with one attached hydrogen (secondary N) is 1. The summed E-state index contributed by atoms with van der Waals surface area (Å²) < 4.78 is 11.4. The summed E-state index contributed by atoms with van der Waals surface area (Å²) in [5.41, 5.74) is 6.13. The van der Waals surface area contributed by atoms with Crippen molar-refractivity contribution in [2.45, 2.75) is 38.5 Å². The Morgan fingerprint density at radius 3 is 2.65 bits per heavy atom. The maximum absolute atomic E-state index is 13.1. The number of carbonyl (C=O) groups excluding carboxylic acids is 2. The van der Waals surface area contributed by atoms with E-state index in [0.29, 0.717) is 29.0 Å². The Balaban J connectivity index is 1.99. The molecule has 0 atom stereocenters. The highest BCUT2D eigenvalue weighted by atomic mass is 16.5. The Morgan fingerprint density at radius 2 is 2.00 bits per heavy atom. The van der Waals surface area contributed by atoms with Crippen LogP contribution in [0.4, 0.5) is 10.5 Å². The lowest BCUT2D eigenvalue weighted by Crippen LogP contribution is -2.22. The van der Waals surface area contributed by atoms with E-state index in [4.69, 9.17) is 14.9 Å². The summed E-state index contributed by atoms with van der Waals surface area (Å²) in [7, 11) is 0. The molecule has 2 amide bonds. The van der Waals surface area contributed by atoms with Crippen molar-refractivity contribution in [3.8, 4) is 5.75 Å². The molecule has 0 spiro atoms. The van der Waals surface area contributed by atoms with Gasteiger partial charge in [0.15, 0.2) is 5.76 Å². The fraction of sp³-hybridized carbons (Fsp3) is 0.400. The van der Waals surface area contributed by atoms with Gasteiger partial charge >= 0.3 is 6.03 Å². The monoisotopic (exact) mass is 356 g/mol. The van der Waals surface area contributed by atoms with Crippen LogP contribution in [0.3, 0.4) is 0 Å². The quantitative estimate of drug-likeness (QED) is 0.448. The molecule has 26 heavy (non-hydrogen) atoms. The highest BCUT2D eigenvalue weighted by molar-refractivity contribution is 6.11.